The van der Waals surface area contributed by atoms with Crippen molar-refractivity contribution >= 4 is 28.5 Å². The van der Waals surface area contributed by atoms with Gasteiger partial charge in [-0.05, 0) is 42.5 Å². The number of rotatable bonds is 8. The zero-order valence-corrected chi connectivity index (χ0v) is 18.6. The molecule has 0 spiro atoms. The maximum atomic E-state index is 13.5. The predicted octanol–water partition coefficient (Wildman–Crippen LogP) is 5.83. The van der Waals surface area contributed by atoms with Gasteiger partial charge in [0.05, 0.1) is 26.9 Å². The molecule has 0 aliphatic rings. The number of Topliss-reactive ketones (excluding diaryl/α,β-unsaturated/α-hetero) is 1. The summed E-state index contributed by atoms with van der Waals surface area (Å²) in [4.78, 5) is 18.1. The van der Waals surface area contributed by atoms with Gasteiger partial charge in [-0.2, -0.15) is 0 Å². The fourth-order valence-electron chi connectivity index (χ4n) is 3.42. The Labute approximate surface area is 191 Å². The lowest BCUT2D eigenvalue weighted by Crippen LogP contribution is -2.04. The quantitative estimate of drug-likeness (QED) is 0.195. The van der Waals surface area contributed by atoms with E-state index in [0.29, 0.717) is 33.7 Å². The molecule has 0 radical (unpaired) electrons. The van der Waals surface area contributed by atoms with Crippen LogP contribution in [0.4, 0.5) is 0 Å². The summed E-state index contributed by atoms with van der Waals surface area (Å²) in [6, 6.07) is 20.0. The maximum absolute atomic E-state index is 13.5. The van der Waals surface area contributed by atoms with Crippen LogP contribution < -0.4 is 14.2 Å². The second-order valence-electron chi connectivity index (χ2n) is 7.07. The summed E-state index contributed by atoms with van der Waals surface area (Å²) in [5.74, 6) is 1.71. The highest BCUT2D eigenvalue weighted by atomic mass is 16.5. The van der Waals surface area contributed by atoms with E-state index < -0.39 is 0 Å². The number of oxazole rings is 1. The standard InChI is InChI=1S/C27H23NO5/c1-30-22-13-6-4-9-18(22)10-8-11-20(27-28-21-12-5-7-14-23(21)33-27)26(29)19-15-16-24(31-2)25(17-19)32-3/h4-17H,1-3H3/b10-8+,20-11-. The summed E-state index contributed by atoms with van der Waals surface area (Å²) in [6.45, 7) is 0. The van der Waals surface area contributed by atoms with Gasteiger partial charge in [-0.3, -0.25) is 4.79 Å². The first-order valence-corrected chi connectivity index (χ1v) is 10.3. The van der Waals surface area contributed by atoms with E-state index in [4.69, 9.17) is 18.6 Å². The number of allylic oxidation sites excluding steroid dienone is 3. The molecular weight excluding hydrogens is 418 g/mol. The molecule has 1 aromatic heterocycles. The Balaban J connectivity index is 1.78. The van der Waals surface area contributed by atoms with Gasteiger partial charge >= 0.3 is 0 Å². The van der Waals surface area contributed by atoms with E-state index in [-0.39, 0.29) is 11.7 Å². The first-order valence-electron chi connectivity index (χ1n) is 10.3. The average Bonchev–Trinajstić information content (AvgIpc) is 3.30. The minimum Gasteiger partial charge on any atom is -0.496 e. The van der Waals surface area contributed by atoms with Crippen molar-refractivity contribution in [1.82, 2.24) is 4.98 Å². The van der Waals surface area contributed by atoms with E-state index in [1.807, 2.05) is 54.6 Å². The molecule has 0 atom stereocenters. The second kappa shape index (κ2) is 9.87. The average molecular weight is 441 g/mol. The Hall–Kier alpha value is -4.32. The fourth-order valence-corrected chi connectivity index (χ4v) is 3.42. The SMILES string of the molecule is COc1ccccc1/C=C/C=C(/C(=O)c1ccc(OC)c(OC)c1)c1nc2ccccc2o1. The van der Waals surface area contributed by atoms with Crippen molar-refractivity contribution in [2.24, 2.45) is 0 Å². The first kappa shape index (κ1) is 21.9. The summed E-state index contributed by atoms with van der Waals surface area (Å²) in [5, 5.41) is 0. The van der Waals surface area contributed by atoms with Crippen LogP contribution in [0.5, 0.6) is 17.2 Å². The normalized spacial score (nSPS) is 11.7. The summed E-state index contributed by atoms with van der Waals surface area (Å²) in [6.07, 6.45) is 5.33. The molecule has 6 heteroatoms. The molecular formula is C27H23NO5. The predicted molar refractivity (Wildman–Crippen MR) is 128 cm³/mol. The van der Waals surface area contributed by atoms with Crippen molar-refractivity contribution in [3.8, 4) is 17.2 Å². The van der Waals surface area contributed by atoms with Gasteiger partial charge in [-0.1, -0.05) is 42.5 Å². The molecule has 33 heavy (non-hydrogen) atoms. The minimum absolute atomic E-state index is 0.237. The smallest absolute Gasteiger partial charge is 0.231 e. The van der Waals surface area contributed by atoms with E-state index in [1.165, 1.54) is 7.11 Å². The summed E-state index contributed by atoms with van der Waals surface area (Å²) in [5.41, 5.74) is 2.89. The Morgan fingerprint density at radius 3 is 2.33 bits per heavy atom. The number of fused-ring (bicyclic) bond motifs is 1. The van der Waals surface area contributed by atoms with E-state index in [2.05, 4.69) is 4.98 Å². The first-order chi connectivity index (χ1) is 16.1. The highest BCUT2D eigenvalue weighted by molar-refractivity contribution is 6.28. The van der Waals surface area contributed by atoms with Crippen molar-refractivity contribution in [2.75, 3.05) is 21.3 Å². The Morgan fingerprint density at radius 1 is 0.848 bits per heavy atom. The van der Waals surface area contributed by atoms with Crippen molar-refractivity contribution in [3.05, 3.63) is 95.9 Å². The van der Waals surface area contributed by atoms with E-state index in [9.17, 15) is 4.79 Å². The van der Waals surface area contributed by atoms with Crippen molar-refractivity contribution in [3.63, 3.8) is 0 Å². The lowest BCUT2D eigenvalue weighted by atomic mass is 10.0. The minimum atomic E-state index is -0.257. The van der Waals surface area contributed by atoms with Crippen LogP contribution in [0.15, 0.2) is 83.3 Å². The van der Waals surface area contributed by atoms with E-state index in [0.717, 1.165) is 11.3 Å². The second-order valence-corrected chi connectivity index (χ2v) is 7.07. The lowest BCUT2D eigenvalue weighted by Gasteiger charge is -2.09. The number of nitrogens with zero attached hydrogens (tertiary/aromatic N) is 1. The molecule has 0 saturated heterocycles. The van der Waals surface area contributed by atoms with Gasteiger partial charge < -0.3 is 18.6 Å². The van der Waals surface area contributed by atoms with E-state index in [1.54, 1.807) is 44.6 Å². The highest BCUT2D eigenvalue weighted by Gasteiger charge is 2.21. The van der Waals surface area contributed by atoms with Crippen molar-refractivity contribution in [1.29, 1.82) is 0 Å². The number of methoxy groups -OCH3 is 3. The molecule has 4 rings (SSSR count). The number of para-hydroxylation sites is 3. The number of ketones is 1. The van der Waals surface area contributed by atoms with Crippen LogP contribution in [-0.2, 0) is 0 Å². The summed E-state index contributed by atoms with van der Waals surface area (Å²) in [7, 11) is 4.69. The molecule has 166 valence electrons. The molecule has 0 aliphatic heterocycles. The van der Waals surface area contributed by atoms with Gasteiger partial charge in [0, 0.05) is 11.1 Å². The molecule has 3 aromatic carbocycles. The molecule has 1 heterocycles. The highest BCUT2D eigenvalue weighted by Crippen LogP contribution is 2.31. The number of ether oxygens (including phenoxy) is 3. The van der Waals surface area contributed by atoms with Crippen molar-refractivity contribution in [2.45, 2.75) is 0 Å². The van der Waals surface area contributed by atoms with Crippen LogP contribution >= 0.6 is 0 Å². The Morgan fingerprint density at radius 2 is 1.58 bits per heavy atom. The number of hydrogen-bond acceptors (Lipinski definition) is 6. The van der Waals surface area contributed by atoms with Crippen molar-refractivity contribution < 1.29 is 23.4 Å². The molecule has 0 N–H and O–H groups in total. The number of carbonyl (C=O) groups excluding carboxylic acids is 1. The maximum Gasteiger partial charge on any atom is 0.231 e. The topological polar surface area (TPSA) is 70.8 Å². The van der Waals surface area contributed by atoms with Gasteiger partial charge in [-0.15, -0.1) is 0 Å². The Bertz CT molecular complexity index is 1320. The molecule has 0 unspecified atom stereocenters. The molecule has 0 bridgehead atoms. The van der Waals surface area contributed by atoms with Gasteiger partial charge in [0.15, 0.2) is 22.9 Å². The van der Waals surface area contributed by atoms with Gasteiger partial charge in [0.1, 0.15) is 11.3 Å². The molecule has 0 amide bonds. The van der Waals surface area contributed by atoms with Crippen LogP contribution in [-0.4, -0.2) is 32.1 Å². The fraction of sp³-hybridized carbons (Fsp3) is 0.111. The van der Waals surface area contributed by atoms with Crippen LogP contribution in [0.25, 0.3) is 22.7 Å². The van der Waals surface area contributed by atoms with Gasteiger partial charge in [-0.25, -0.2) is 4.98 Å². The van der Waals surface area contributed by atoms with Crippen LogP contribution in [0.3, 0.4) is 0 Å². The number of hydrogen-bond donors (Lipinski definition) is 0. The van der Waals surface area contributed by atoms with Gasteiger partial charge in [0.2, 0.25) is 5.89 Å². The molecule has 0 aliphatic carbocycles. The molecule has 4 aromatic rings. The number of carbonyl (C=O) groups is 1. The zero-order chi connectivity index (χ0) is 23.2. The summed E-state index contributed by atoms with van der Waals surface area (Å²) < 4.78 is 22.0. The number of aromatic nitrogens is 1. The van der Waals surface area contributed by atoms with Gasteiger partial charge in [0.25, 0.3) is 0 Å². The molecule has 0 saturated carbocycles. The largest absolute Gasteiger partial charge is 0.496 e. The van der Waals surface area contributed by atoms with Crippen LogP contribution in [0.1, 0.15) is 21.8 Å². The number of benzene rings is 3. The van der Waals surface area contributed by atoms with E-state index >= 15 is 0 Å². The lowest BCUT2D eigenvalue weighted by molar-refractivity contribution is 0.105. The zero-order valence-electron chi connectivity index (χ0n) is 18.6. The summed E-state index contributed by atoms with van der Waals surface area (Å²) >= 11 is 0. The Kier molecular flexibility index (Phi) is 6.55. The third kappa shape index (κ3) is 4.65. The third-order valence-electron chi connectivity index (χ3n) is 5.09. The monoisotopic (exact) mass is 441 g/mol. The van der Waals surface area contributed by atoms with Crippen LogP contribution in [0.2, 0.25) is 0 Å². The third-order valence-corrected chi connectivity index (χ3v) is 5.09. The van der Waals surface area contributed by atoms with Crippen LogP contribution in [0, 0.1) is 0 Å². The molecule has 6 nitrogen and oxygen atoms in total. The molecule has 0 fully saturated rings.